The van der Waals surface area contributed by atoms with Gasteiger partial charge >= 0.3 is 11.9 Å². The SMILES string of the molecule is CC[C@]1(C(=O)O)C=CC=C[C@]1(CC)C(=O)O. The van der Waals surface area contributed by atoms with Gasteiger partial charge in [0, 0.05) is 0 Å². The Hall–Kier alpha value is -1.58. The number of carbonyl (C=O) groups is 2. The first-order valence-electron chi connectivity index (χ1n) is 5.30. The molecule has 0 fully saturated rings. The predicted octanol–water partition coefficient (Wildman–Crippen LogP) is 2.07. The molecular weight excluding hydrogens is 208 g/mol. The van der Waals surface area contributed by atoms with Crippen molar-refractivity contribution in [2.75, 3.05) is 0 Å². The lowest BCUT2D eigenvalue weighted by Gasteiger charge is -2.41. The molecule has 1 rings (SSSR count). The highest BCUT2D eigenvalue weighted by Gasteiger charge is 2.57. The molecule has 0 aliphatic heterocycles. The number of carboxylic acid groups (broad SMARTS) is 2. The van der Waals surface area contributed by atoms with E-state index in [1.165, 1.54) is 12.2 Å². The summed E-state index contributed by atoms with van der Waals surface area (Å²) in [6.45, 7) is 3.40. The lowest BCUT2D eigenvalue weighted by molar-refractivity contribution is -0.166. The first-order valence-corrected chi connectivity index (χ1v) is 5.30. The summed E-state index contributed by atoms with van der Waals surface area (Å²) in [7, 11) is 0. The van der Waals surface area contributed by atoms with Crippen molar-refractivity contribution >= 4 is 11.9 Å². The summed E-state index contributed by atoms with van der Waals surface area (Å²) in [5, 5.41) is 18.7. The third kappa shape index (κ3) is 1.37. The molecule has 0 radical (unpaired) electrons. The fourth-order valence-electron chi connectivity index (χ4n) is 2.43. The van der Waals surface area contributed by atoms with Crippen LogP contribution in [0.25, 0.3) is 0 Å². The van der Waals surface area contributed by atoms with E-state index in [-0.39, 0.29) is 12.8 Å². The highest BCUT2D eigenvalue weighted by Crippen LogP contribution is 2.49. The molecule has 1 aliphatic rings. The zero-order valence-electron chi connectivity index (χ0n) is 9.43. The monoisotopic (exact) mass is 224 g/mol. The molecule has 0 amide bonds. The highest BCUT2D eigenvalue weighted by molar-refractivity contribution is 5.90. The van der Waals surface area contributed by atoms with Crippen LogP contribution in [0.2, 0.25) is 0 Å². The number of hydrogen-bond acceptors (Lipinski definition) is 2. The zero-order chi connectivity index (χ0) is 12.4. The van der Waals surface area contributed by atoms with Crippen LogP contribution in [0.5, 0.6) is 0 Å². The van der Waals surface area contributed by atoms with E-state index in [4.69, 9.17) is 0 Å². The van der Waals surface area contributed by atoms with Crippen LogP contribution in [0.15, 0.2) is 24.3 Å². The van der Waals surface area contributed by atoms with Gasteiger partial charge in [-0.2, -0.15) is 0 Å². The van der Waals surface area contributed by atoms with Gasteiger partial charge in [0.1, 0.15) is 10.8 Å². The van der Waals surface area contributed by atoms with E-state index in [1.54, 1.807) is 26.0 Å². The number of allylic oxidation sites excluding steroid dienone is 2. The van der Waals surface area contributed by atoms with Crippen LogP contribution in [0, 0.1) is 10.8 Å². The molecule has 0 heterocycles. The van der Waals surface area contributed by atoms with E-state index in [1.807, 2.05) is 0 Å². The summed E-state index contributed by atoms with van der Waals surface area (Å²) in [6.07, 6.45) is 6.70. The van der Waals surface area contributed by atoms with Gasteiger partial charge in [-0.3, -0.25) is 9.59 Å². The van der Waals surface area contributed by atoms with Gasteiger partial charge in [0.2, 0.25) is 0 Å². The van der Waals surface area contributed by atoms with Crippen molar-refractivity contribution in [3.63, 3.8) is 0 Å². The van der Waals surface area contributed by atoms with Crippen molar-refractivity contribution in [3.8, 4) is 0 Å². The van der Waals surface area contributed by atoms with Gasteiger partial charge in [0.05, 0.1) is 0 Å². The maximum Gasteiger partial charge on any atom is 0.315 e. The summed E-state index contributed by atoms with van der Waals surface area (Å²) in [6, 6.07) is 0. The van der Waals surface area contributed by atoms with Crippen LogP contribution in [-0.4, -0.2) is 22.2 Å². The standard InChI is InChI=1S/C12H16O4/c1-3-11(9(13)14)7-5-6-8-12(11,4-2)10(15)16/h5-8H,3-4H2,1-2H3,(H,13,14)(H,15,16)/t11-,12-/m1/s1. The number of hydrogen-bond donors (Lipinski definition) is 2. The van der Waals surface area contributed by atoms with E-state index in [0.29, 0.717) is 0 Å². The third-order valence-corrected chi connectivity index (χ3v) is 3.55. The Morgan fingerprint density at radius 3 is 1.44 bits per heavy atom. The van der Waals surface area contributed by atoms with E-state index < -0.39 is 22.8 Å². The van der Waals surface area contributed by atoms with Gasteiger partial charge in [-0.1, -0.05) is 38.2 Å². The Balaban J connectivity index is 3.44. The Labute approximate surface area is 94.3 Å². The maximum atomic E-state index is 11.4. The summed E-state index contributed by atoms with van der Waals surface area (Å²) in [5.74, 6) is -2.17. The molecule has 0 saturated carbocycles. The Morgan fingerprint density at radius 1 is 0.938 bits per heavy atom. The van der Waals surface area contributed by atoms with Gasteiger partial charge in [-0.25, -0.2) is 0 Å². The van der Waals surface area contributed by atoms with Crippen LogP contribution < -0.4 is 0 Å². The second-order valence-electron chi connectivity index (χ2n) is 3.98. The highest BCUT2D eigenvalue weighted by atomic mass is 16.4. The number of rotatable bonds is 4. The smallest absolute Gasteiger partial charge is 0.315 e. The van der Waals surface area contributed by atoms with Crippen LogP contribution >= 0.6 is 0 Å². The van der Waals surface area contributed by atoms with Crippen LogP contribution in [0.4, 0.5) is 0 Å². The molecule has 0 spiro atoms. The average molecular weight is 224 g/mol. The lowest BCUT2D eigenvalue weighted by atomic mass is 9.58. The van der Waals surface area contributed by atoms with Crippen molar-refractivity contribution in [3.05, 3.63) is 24.3 Å². The largest absolute Gasteiger partial charge is 0.481 e. The molecule has 0 aromatic rings. The first-order chi connectivity index (χ1) is 7.47. The molecule has 88 valence electrons. The lowest BCUT2D eigenvalue weighted by Crippen LogP contribution is -2.50. The molecule has 0 saturated heterocycles. The predicted molar refractivity (Wildman–Crippen MR) is 59.0 cm³/mol. The van der Waals surface area contributed by atoms with Crippen LogP contribution in [0.3, 0.4) is 0 Å². The summed E-state index contributed by atoms with van der Waals surface area (Å²) >= 11 is 0. The molecule has 4 nitrogen and oxygen atoms in total. The fourth-order valence-corrected chi connectivity index (χ4v) is 2.43. The maximum absolute atomic E-state index is 11.4. The minimum atomic E-state index is -1.34. The molecular formula is C12H16O4. The first kappa shape index (κ1) is 12.5. The molecule has 4 heteroatoms. The van der Waals surface area contributed by atoms with Gasteiger partial charge < -0.3 is 10.2 Å². The minimum absolute atomic E-state index is 0.253. The molecule has 2 N–H and O–H groups in total. The second-order valence-corrected chi connectivity index (χ2v) is 3.98. The van der Waals surface area contributed by atoms with Crippen molar-refractivity contribution in [1.29, 1.82) is 0 Å². The molecule has 0 unspecified atom stereocenters. The topological polar surface area (TPSA) is 74.6 Å². The number of aliphatic carboxylic acids is 2. The third-order valence-electron chi connectivity index (χ3n) is 3.55. The van der Waals surface area contributed by atoms with Gasteiger partial charge in [0.25, 0.3) is 0 Å². The Kier molecular flexibility index (Phi) is 3.21. The molecule has 2 atom stereocenters. The molecule has 0 aromatic heterocycles. The van der Waals surface area contributed by atoms with Gasteiger partial charge in [-0.15, -0.1) is 0 Å². The minimum Gasteiger partial charge on any atom is -0.481 e. The van der Waals surface area contributed by atoms with Crippen LogP contribution in [0.1, 0.15) is 26.7 Å². The molecule has 1 aliphatic carbocycles. The normalized spacial score (nSPS) is 32.6. The number of carboxylic acids is 2. The van der Waals surface area contributed by atoms with Gasteiger partial charge in [0.15, 0.2) is 0 Å². The zero-order valence-corrected chi connectivity index (χ0v) is 9.43. The summed E-state index contributed by atoms with van der Waals surface area (Å²) < 4.78 is 0. The van der Waals surface area contributed by atoms with Crippen molar-refractivity contribution < 1.29 is 19.8 Å². The Bertz CT molecular complexity index is 333. The molecule has 0 aromatic carbocycles. The summed E-state index contributed by atoms with van der Waals surface area (Å²) in [5.41, 5.74) is -2.69. The summed E-state index contributed by atoms with van der Waals surface area (Å²) in [4.78, 5) is 22.9. The molecule has 16 heavy (non-hydrogen) atoms. The van der Waals surface area contributed by atoms with E-state index in [2.05, 4.69) is 0 Å². The second kappa shape index (κ2) is 4.12. The average Bonchev–Trinajstić information content (AvgIpc) is 2.27. The van der Waals surface area contributed by atoms with Crippen molar-refractivity contribution in [2.24, 2.45) is 10.8 Å². The van der Waals surface area contributed by atoms with Crippen molar-refractivity contribution in [1.82, 2.24) is 0 Å². The Morgan fingerprint density at radius 2 is 1.25 bits per heavy atom. The van der Waals surface area contributed by atoms with Crippen molar-refractivity contribution in [2.45, 2.75) is 26.7 Å². The fraction of sp³-hybridized carbons (Fsp3) is 0.500. The molecule has 0 bridgehead atoms. The van der Waals surface area contributed by atoms with E-state index >= 15 is 0 Å². The van der Waals surface area contributed by atoms with E-state index in [9.17, 15) is 19.8 Å². The quantitative estimate of drug-likeness (QED) is 0.766. The van der Waals surface area contributed by atoms with Crippen LogP contribution in [-0.2, 0) is 9.59 Å². The van der Waals surface area contributed by atoms with Gasteiger partial charge in [-0.05, 0) is 12.8 Å². The van der Waals surface area contributed by atoms with E-state index in [0.717, 1.165) is 0 Å².